The quantitative estimate of drug-likeness (QED) is 0.571. The molecular formula is C22H25NO5. The van der Waals surface area contributed by atoms with Gasteiger partial charge in [0.15, 0.2) is 5.78 Å². The summed E-state index contributed by atoms with van der Waals surface area (Å²) in [7, 11) is 0. The van der Waals surface area contributed by atoms with Gasteiger partial charge in [0.25, 0.3) is 0 Å². The second-order valence-electron chi connectivity index (χ2n) is 7.18. The third-order valence-corrected chi connectivity index (χ3v) is 5.04. The molecule has 6 heteroatoms. The number of Topliss-reactive ketones (excluding diaryl/α,β-unsaturated/α-hetero) is 1. The lowest BCUT2D eigenvalue weighted by Gasteiger charge is -2.34. The first-order valence-electron chi connectivity index (χ1n) is 9.68. The molecule has 2 aliphatic rings. The number of carbonyl (C=O) groups is 3. The van der Waals surface area contributed by atoms with Gasteiger partial charge in [0.05, 0.1) is 6.61 Å². The third-order valence-electron chi connectivity index (χ3n) is 5.04. The first-order valence-corrected chi connectivity index (χ1v) is 9.68. The lowest BCUT2D eigenvalue weighted by molar-refractivity contribution is -0.146. The van der Waals surface area contributed by atoms with E-state index >= 15 is 0 Å². The zero-order chi connectivity index (χ0) is 20.3. The summed E-state index contributed by atoms with van der Waals surface area (Å²) in [5.41, 5.74) is 2.88. The van der Waals surface area contributed by atoms with Crippen molar-refractivity contribution in [2.75, 3.05) is 6.61 Å². The molecule has 1 aliphatic carbocycles. The molecule has 1 aromatic rings. The highest BCUT2D eigenvalue weighted by Gasteiger charge is 2.43. The van der Waals surface area contributed by atoms with Crippen molar-refractivity contribution in [1.29, 1.82) is 0 Å². The van der Waals surface area contributed by atoms with Crippen LogP contribution < -0.4 is 4.74 Å². The molecular weight excluding hydrogens is 358 g/mol. The average molecular weight is 383 g/mol. The number of carbonyl (C=O) groups excluding carboxylic acids is 3. The standard InChI is InChI=1S/C22H25NO5/c1-4-12-27-22(26)19-13(2)23-17-6-5-7-18(25)21(17)20(19)15-8-10-16(11-9-15)28-14(3)24/h8-11,19-20H,4-7,12H2,1-3H3/t19?,20-/m1/s1. The molecule has 3 rings (SSSR count). The summed E-state index contributed by atoms with van der Waals surface area (Å²) in [5, 5.41) is 0. The Morgan fingerprint density at radius 1 is 1.18 bits per heavy atom. The van der Waals surface area contributed by atoms with Crippen molar-refractivity contribution in [3.05, 3.63) is 41.1 Å². The Hall–Kier alpha value is -2.76. The Kier molecular flexibility index (Phi) is 6.07. The summed E-state index contributed by atoms with van der Waals surface area (Å²) in [6.07, 6.45) is 2.70. The highest BCUT2D eigenvalue weighted by atomic mass is 16.5. The van der Waals surface area contributed by atoms with E-state index in [2.05, 4.69) is 4.99 Å². The molecule has 1 aliphatic heterocycles. The molecule has 28 heavy (non-hydrogen) atoms. The number of benzene rings is 1. The Bertz CT molecular complexity index is 850. The maximum atomic E-state index is 12.8. The van der Waals surface area contributed by atoms with E-state index < -0.39 is 17.8 Å². The molecule has 0 amide bonds. The highest BCUT2D eigenvalue weighted by molar-refractivity contribution is 6.08. The van der Waals surface area contributed by atoms with Crippen LogP contribution in [0.15, 0.2) is 40.5 Å². The first-order chi connectivity index (χ1) is 13.4. The summed E-state index contributed by atoms with van der Waals surface area (Å²) < 4.78 is 10.5. The van der Waals surface area contributed by atoms with E-state index in [0.717, 1.165) is 30.5 Å². The van der Waals surface area contributed by atoms with E-state index in [1.165, 1.54) is 6.92 Å². The zero-order valence-corrected chi connectivity index (χ0v) is 16.5. The summed E-state index contributed by atoms with van der Waals surface area (Å²) >= 11 is 0. The van der Waals surface area contributed by atoms with Gasteiger partial charge in [-0.1, -0.05) is 19.1 Å². The molecule has 0 saturated carbocycles. The number of aliphatic imine (C=N–C) groups is 1. The molecule has 0 fully saturated rings. The first kappa shape index (κ1) is 20.0. The fourth-order valence-corrected chi connectivity index (χ4v) is 3.87. The van der Waals surface area contributed by atoms with Gasteiger partial charge in [0.1, 0.15) is 11.7 Å². The largest absolute Gasteiger partial charge is 0.465 e. The number of ketones is 1. The van der Waals surface area contributed by atoms with Crippen molar-refractivity contribution in [3.8, 4) is 5.75 Å². The third kappa shape index (κ3) is 4.06. The minimum absolute atomic E-state index is 0.0415. The van der Waals surface area contributed by atoms with E-state index in [1.54, 1.807) is 24.3 Å². The molecule has 0 aromatic heterocycles. The smallest absolute Gasteiger partial charge is 0.315 e. The summed E-state index contributed by atoms with van der Waals surface area (Å²) in [6, 6.07) is 6.96. The van der Waals surface area contributed by atoms with E-state index in [4.69, 9.17) is 9.47 Å². The highest BCUT2D eigenvalue weighted by Crippen LogP contribution is 2.43. The zero-order valence-electron chi connectivity index (χ0n) is 16.5. The van der Waals surface area contributed by atoms with Gasteiger partial charge in [0, 0.05) is 36.2 Å². The predicted molar refractivity (Wildman–Crippen MR) is 104 cm³/mol. The Labute approximate surface area is 164 Å². The maximum Gasteiger partial charge on any atom is 0.315 e. The van der Waals surface area contributed by atoms with Gasteiger partial charge in [0.2, 0.25) is 0 Å². The lowest BCUT2D eigenvalue weighted by atomic mass is 9.72. The van der Waals surface area contributed by atoms with Crippen molar-refractivity contribution in [3.63, 3.8) is 0 Å². The predicted octanol–water partition coefficient (Wildman–Crippen LogP) is 3.75. The number of ether oxygens (including phenoxy) is 2. The Balaban J connectivity index is 2.03. The van der Waals surface area contributed by atoms with Crippen LogP contribution in [0, 0.1) is 5.92 Å². The number of esters is 2. The number of hydrogen-bond acceptors (Lipinski definition) is 6. The molecule has 0 spiro atoms. The van der Waals surface area contributed by atoms with Crippen LogP contribution in [0.4, 0.5) is 0 Å². The van der Waals surface area contributed by atoms with E-state index in [-0.39, 0.29) is 11.8 Å². The summed E-state index contributed by atoms with van der Waals surface area (Å²) in [4.78, 5) is 41.4. The van der Waals surface area contributed by atoms with Crippen LogP contribution in [0.2, 0.25) is 0 Å². The summed E-state index contributed by atoms with van der Waals surface area (Å²) in [5.74, 6) is -1.36. The van der Waals surface area contributed by atoms with Crippen LogP contribution in [0.5, 0.6) is 5.75 Å². The van der Waals surface area contributed by atoms with Crippen molar-refractivity contribution in [2.24, 2.45) is 10.9 Å². The number of rotatable bonds is 5. The minimum Gasteiger partial charge on any atom is -0.465 e. The van der Waals surface area contributed by atoms with E-state index in [0.29, 0.717) is 30.1 Å². The molecule has 1 unspecified atom stereocenters. The normalized spacial score (nSPS) is 21.7. The van der Waals surface area contributed by atoms with Gasteiger partial charge in [-0.05, 0) is 43.9 Å². The van der Waals surface area contributed by atoms with Crippen LogP contribution >= 0.6 is 0 Å². The average Bonchev–Trinajstić information content (AvgIpc) is 2.65. The topological polar surface area (TPSA) is 82.0 Å². The molecule has 1 heterocycles. The van der Waals surface area contributed by atoms with Crippen molar-refractivity contribution in [2.45, 2.75) is 52.4 Å². The van der Waals surface area contributed by atoms with Gasteiger partial charge in [-0.25, -0.2) is 0 Å². The van der Waals surface area contributed by atoms with Crippen LogP contribution in [-0.4, -0.2) is 30.0 Å². The minimum atomic E-state index is -0.632. The van der Waals surface area contributed by atoms with Crippen LogP contribution in [0.25, 0.3) is 0 Å². The Morgan fingerprint density at radius 2 is 1.89 bits per heavy atom. The molecule has 6 nitrogen and oxygen atoms in total. The van der Waals surface area contributed by atoms with Gasteiger partial charge >= 0.3 is 11.9 Å². The number of nitrogens with zero attached hydrogens (tertiary/aromatic N) is 1. The van der Waals surface area contributed by atoms with Gasteiger partial charge < -0.3 is 9.47 Å². The van der Waals surface area contributed by atoms with E-state index in [1.807, 2.05) is 13.8 Å². The van der Waals surface area contributed by atoms with Crippen LogP contribution in [0.1, 0.15) is 57.9 Å². The van der Waals surface area contributed by atoms with Crippen LogP contribution in [0.3, 0.4) is 0 Å². The number of allylic oxidation sites excluding steroid dienone is 2. The van der Waals surface area contributed by atoms with Gasteiger partial charge in [-0.2, -0.15) is 0 Å². The van der Waals surface area contributed by atoms with Crippen molar-refractivity contribution < 1.29 is 23.9 Å². The second-order valence-corrected chi connectivity index (χ2v) is 7.18. The molecule has 2 atom stereocenters. The van der Waals surface area contributed by atoms with Crippen molar-refractivity contribution >= 4 is 23.4 Å². The Morgan fingerprint density at radius 3 is 2.54 bits per heavy atom. The van der Waals surface area contributed by atoms with Crippen LogP contribution in [-0.2, 0) is 19.1 Å². The number of hydrogen-bond donors (Lipinski definition) is 0. The molecule has 0 saturated heterocycles. The van der Waals surface area contributed by atoms with Crippen molar-refractivity contribution in [1.82, 2.24) is 0 Å². The second kappa shape index (κ2) is 8.50. The molecule has 148 valence electrons. The maximum absolute atomic E-state index is 12.8. The fraction of sp³-hybridized carbons (Fsp3) is 0.455. The van der Waals surface area contributed by atoms with Gasteiger partial charge in [-0.3, -0.25) is 19.4 Å². The molecule has 1 aromatic carbocycles. The summed E-state index contributed by atoms with van der Waals surface area (Å²) in [6.45, 7) is 5.43. The molecule has 0 N–H and O–H groups in total. The lowest BCUT2D eigenvalue weighted by Crippen LogP contribution is -2.37. The molecule has 0 bridgehead atoms. The van der Waals surface area contributed by atoms with E-state index in [9.17, 15) is 14.4 Å². The fourth-order valence-electron chi connectivity index (χ4n) is 3.87. The SMILES string of the molecule is CCCOC(=O)C1C(C)=NC2=C(C(=O)CCC2)[C@@H]1c1ccc(OC(C)=O)cc1. The molecule has 0 radical (unpaired) electrons. The van der Waals surface area contributed by atoms with Gasteiger partial charge in [-0.15, -0.1) is 0 Å². The monoisotopic (exact) mass is 383 g/mol.